The van der Waals surface area contributed by atoms with Crippen LogP contribution in [0.1, 0.15) is 41.0 Å². The highest BCUT2D eigenvalue weighted by atomic mass is 32.2. The summed E-state index contributed by atoms with van der Waals surface area (Å²) in [6.07, 6.45) is 2.81. The maximum atomic E-state index is 12.9. The lowest BCUT2D eigenvalue weighted by atomic mass is 10.2. The lowest BCUT2D eigenvalue weighted by Gasteiger charge is -2.26. The van der Waals surface area contributed by atoms with Crippen molar-refractivity contribution in [3.05, 3.63) is 71.5 Å². The molecule has 1 aliphatic rings. The van der Waals surface area contributed by atoms with Crippen molar-refractivity contribution >= 4 is 21.6 Å². The average Bonchev–Trinajstić information content (AvgIpc) is 3.12. The first kappa shape index (κ1) is 21.3. The molecule has 8 heteroatoms. The second-order valence-corrected chi connectivity index (χ2v) is 9.77. The van der Waals surface area contributed by atoms with Crippen LogP contribution in [-0.4, -0.2) is 41.5 Å². The molecule has 4 rings (SSSR count). The minimum absolute atomic E-state index is 0.201. The Hall–Kier alpha value is -2.97. The predicted octanol–water partition coefficient (Wildman–Crippen LogP) is 3.92. The number of benzene rings is 2. The fraction of sp³-hybridized carbons (Fsp3) is 0.304. The Kier molecular flexibility index (Phi) is 5.93. The number of nitrogens with one attached hydrogen (secondary N) is 1. The van der Waals surface area contributed by atoms with Crippen LogP contribution < -0.4 is 5.32 Å². The molecule has 0 radical (unpaired) electrons. The van der Waals surface area contributed by atoms with Gasteiger partial charge in [-0.3, -0.25) is 4.79 Å². The zero-order valence-electron chi connectivity index (χ0n) is 17.7. The van der Waals surface area contributed by atoms with Crippen molar-refractivity contribution in [2.24, 2.45) is 0 Å². The van der Waals surface area contributed by atoms with Gasteiger partial charge in [-0.1, -0.05) is 12.5 Å². The van der Waals surface area contributed by atoms with E-state index >= 15 is 0 Å². The van der Waals surface area contributed by atoms with Gasteiger partial charge in [0.25, 0.3) is 5.91 Å². The molecule has 1 N–H and O–H groups in total. The van der Waals surface area contributed by atoms with E-state index in [-0.39, 0.29) is 10.8 Å². The molecule has 1 amide bonds. The minimum atomic E-state index is -3.55. The molecule has 7 nitrogen and oxygen atoms in total. The highest BCUT2D eigenvalue weighted by Gasteiger charge is 2.26. The lowest BCUT2D eigenvalue weighted by molar-refractivity contribution is 0.102. The van der Waals surface area contributed by atoms with Crippen molar-refractivity contribution < 1.29 is 13.2 Å². The number of aromatic nitrogens is 2. The van der Waals surface area contributed by atoms with E-state index in [4.69, 9.17) is 0 Å². The molecule has 0 aliphatic carbocycles. The number of amides is 1. The van der Waals surface area contributed by atoms with Crippen molar-refractivity contribution in [2.45, 2.75) is 38.0 Å². The molecule has 1 fully saturated rings. The Morgan fingerprint density at radius 1 is 0.968 bits per heavy atom. The molecule has 0 bridgehead atoms. The van der Waals surface area contributed by atoms with Gasteiger partial charge in [0.15, 0.2) is 0 Å². The van der Waals surface area contributed by atoms with E-state index in [1.807, 2.05) is 36.7 Å². The average molecular weight is 439 g/mol. The third kappa shape index (κ3) is 4.55. The van der Waals surface area contributed by atoms with Crippen LogP contribution in [0.3, 0.4) is 0 Å². The first-order valence-electron chi connectivity index (χ1n) is 10.4. The topological polar surface area (TPSA) is 84.3 Å². The first-order chi connectivity index (χ1) is 14.8. The van der Waals surface area contributed by atoms with Crippen LogP contribution in [0.25, 0.3) is 5.69 Å². The molecular weight excluding hydrogens is 412 g/mol. The summed E-state index contributed by atoms with van der Waals surface area (Å²) in [5.74, 6) is -0.299. The van der Waals surface area contributed by atoms with Gasteiger partial charge >= 0.3 is 0 Å². The van der Waals surface area contributed by atoms with Gasteiger partial charge in [-0.15, -0.1) is 0 Å². The molecule has 0 saturated carbocycles. The third-order valence-corrected chi connectivity index (χ3v) is 7.32. The molecule has 0 unspecified atom stereocenters. The third-order valence-electron chi connectivity index (χ3n) is 5.43. The largest absolute Gasteiger partial charge is 0.322 e. The van der Waals surface area contributed by atoms with Crippen LogP contribution in [-0.2, 0) is 10.0 Å². The number of carbonyl (C=O) groups is 1. The number of carbonyl (C=O) groups excluding carboxylic acids is 1. The number of anilines is 1. The fourth-order valence-electron chi connectivity index (χ4n) is 3.84. The molecule has 1 saturated heterocycles. The summed E-state index contributed by atoms with van der Waals surface area (Å²) in [6, 6.07) is 15.6. The molecule has 1 aliphatic heterocycles. The van der Waals surface area contributed by atoms with Crippen LogP contribution >= 0.6 is 0 Å². The standard InChI is InChI=1S/C23H26N4O3S/c1-17-15-18(2)27(25-17)21-11-9-19(10-12-21)23(28)24-20-7-6-8-22(16-20)31(29,30)26-13-4-3-5-14-26/h6-12,15-16H,3-5,13-14H2,1-2H3,(H,24,28). The van der Waals surface area contributed by atoms with Crippen LogP contribution in [0.5, 0.6) is 0 Å². The summed E-state index contributed by atoms with van der Waals surface area (Å²) in [5.41, 5.74) is 3.75. The minimum Gasteiger partial charge on any atom is -0.322 e. The quantitative estimate of drug-likeness (QED) is 0.654. The van der Waals surface area contributed by atoms with Gasteiger partial charge in [0, 0.05) is 30.0 Å². The summed E-state index contributed by atoms with van der Waals surface area (Å²) in [6.45, 7) is 5.00. The van der Waals surface area contributed by atoms with Gasteiger partial charge in [-0.25, -0.2) is 13.1 Å². The van der Waals surface area contributed by atoms with Gasteiger partial charge in [0.1, 0.15) is 0 Å². The predicted molar refractivity (Wildman–Crippen MR) is 120 cm³/mol. The molecule has 2 aromatic carbocycles. The Bertz CT molecular complexity index is 1190. The lowest BCUT2D eigenvalue weighted by Crippen LogP contribution is -2.35. The van der Waals surface area contributed by atoms with E-state index in [2.05, 4.69) is 10.4 Å². The Morgan fingerprint density at radius 2 is 1.68 bits per heavy atom. The number of rotatable bonds is 5. The SMILES string of the molecule is Cc1cc(C)n(-c2ccc(C(=O)Nc3cccc(S(=O)(=O)N4CCCCC4)c3)cc2)n1. The number of hydrogen-bond donors (Lipinski definition) is 1. The maximum absolute atomic E-state index is 12.9. The van der Waals surface area contributed by atoms with Crippen LogP contribution in [0.4, 0.5) is 5.69 Å². The molecule has 2 heterocycles. The molecular formula is C23H26N4O3S. The fourth-order valence-corrected chi connectivity index (χ4v) is 5.40. The second kappa shape index (κ2) is 8.64. The molecule has 0 spiro atoms. The van der Waals surface area contributed by atoms with Crippen LogP contribution in [0.2, 0.25) is 0 Å². The second-order valence-electron chi connectivity index (χ2n) is 7.83. The summed E-state index contributed by atoms with van der Waals surface area (Å²) >= 11 is 0. The monoisotopic (exact) mass is 438 g/mol. The highest BCUT2D eigenvalue weighted by molar-refractivity contribution is 7.89. The smallest absolute Gasteiger partial charge is 0.255 e. The molecule has 162 valence electrons. The van der Waals surface area contributed by atoms with Gasteiger partial charge in [0.2, 0.25) is 10.0 Å². The molecule has 0 atom stereocenters. The van der Waals surface area contributed by atoms with E-state index in [1.165, 1.54) is 10.4 Å². The number of piperidine rings is 1. The number of aryl methyl sites for hydroxylation is 2. The van der Waals surface area contributed by atoms with E-state index in [0.717, 1.165) is 36.3 Å². The number of nitrogens with zero attached hydrogens (tertiary/aromatic N) is 3. The van der Waals surface area contributed by atoms with Crippen molar-refractivity contribution in [1.82, 2.24) is 14.1 Å². The summed E-state index contributed by atoms with van der Waals surface area (Å²) in [5, 5.41) is 7.25. The van der Waals surface area contributed by atoms with E-state index in [1.54, 1.807) is 30.3 Å². The van der Waals surface area contributed by atoms with Crippen molar-refractivity contribution in [3.63, 3.8) is 0 Å². The number of hydrogen-bond acceptors (Lipinski definition) is 4. The van der Waals surface area contributed by atoms with E-state index in [9.17, 15) is 13.2 Å². The van der Waals surface area contributed by atoms with Gasteiger partial charge < -0.3 is 5.32 Å². The van der Waals surface area contributed by atoms with Gasteiger partial charge in [-0.2, -0.15) is 9.40 Å². The van der Waals surface area contributed by atoms with E-state index in [0.29, 0.717) is 24.3 Å². The van der Waals surface area contributed by atoms with Crippen molar-refractivity contribution in [3.8, 4) is 5.69 Å². The van der Waals surface area contributed by atoms with Crippen molar-refractivity contribution in [1.29, 1.82) is 0 Å². The zero-order valence-corrected chi connectivity index (χ0v) is 18.5. The Labute approximate surface area is 182 Å². The highest BCUT2D eigenvalue weighted by Crippen LogP contribution is 2.23. The zero-order chi connectivity index (χ0) is 22.0. The summed E-state index contributed by atoms with van der Waals surface area (Å²) in [7, 11) is -3.55. The van der Waals surface area contributed by atoms with E-state index < -0.39 is 10.0 Å². The first-order valence-corrected chi connectivity index (χ1v) is 11.8. The molecule has 3 aromatic rings. The van der Waals surface area contributed by atoms with Crippen LogP contribution in [0.15, 0.2) is 59.5 Å². The number of sulfonamides is 1. The summed E-state index contributed by atoms with van der Waals surface area (Å²) < 4.78 is 29.2. The van der Waals surface area contributed by atoms with Crippen molar-refractivity contribution in [2.75, 3.05) is 18.4 Å². The Morgan fingerprint density at radius 3 is 2.32 bits per heavy atom. The Balaban J connectivity index is 1.50. The van der Waals surface area contributed by atoms with Gasteiger partial charge in [-0.05, 0) is 75.2 Å². The molecule has 1 aromatic heterocycles. The van der Waals surface area contributed by atoms with Crippen LogP contribution in [0, 0.1) is 13.8 Å². The van der Waals surface area contributed by atoms with Gasteiger partial charge in [0.05, 0.1) is 16.3 Å². The maximum Gasteiger partial charge on any atom is 0.255 e. The normalized spacial score (nSPS) is 15.0. The molecule has 31 heavy (non-hydrogen) atoms. The summed E-state index contributed by atoms with van der Waals surface area (Å²) in [4.78, 5) is 12.9.